The van der Waals surface area contributed by atoms with Gasteiger partial charge < -0.3 is 34.3 Å². The molecule has 59 heavy (non-hydrogen) atoms. The monoisotopic (exact) mass is 859 g/mol. The van der Waals surface area contributed by atoms with Gasteiger partial charge in [0, 0.05) is 12.8 Å². The quantitative estimate of drug-likeness (QED) is 0.0200. The van der Waals surface area contributed by atoms with E-state index in [4.69, 9.17) is 18.9 Å². The zero-order valence-electron chi connectivity index (χ0n) is 36.6. The summed E-state index contributed by atoms with van der Waals surface area (Å²) < 4.78 is 54.1. The maximum absolute atomic E-state index is 12.8. The number of carbonyl (C=O) groups is 2. The number of rotatable bonds is 38. The summed E-state index contributed by atoms with van der Waals surface area (Å²) in [6.07, 6.45) is 31.9. The average molecular weight is 859 g/mol. The number of allylic oxidation sites excluding steroid dienone is 6. The highest BCUT2D eigenvalue weighted by molar-refractivity contribution is 7.85. The summed E-state index contributed by atoms with van der Waals surface area (Å²) in [5, 5.41) is 30.9. The Morgan fingerprint density at radius 2 is 1.07 bits per heavy atom. The van der Waals surface area contributed by atoms with Crippen molar-refractivity contribution in [1.82, 2.24) is 0 Å². The third-order valence-electron chi connectivity index (χ3n) is 10.5. The van der Waals surface area contributed by atoms with Crippen molar-refractivity contribution in [3.8, 4) is 0 Å². The van der Waals surface area contributed by atoms with Crippen LogP contribution in [0.25, 0.3) is 0 Å². The van der Waals surface area contributed by atoms with E-state index in [-0.39, 0.29) is 19.4 Å². The van der Waals surface area contributed by atoms with Gasteiger partial charge >= 0.3 is 11.9 Å². The molecular formula is C46H82O12S. The van der Waals surface area contributed by atoms with Crippen molar-refractivity contribution in [2.45, 2.75) is 224 Å². The minimum absolute atomic E-state index is 0.146. The van der Waals surface area contributed by atoms with Gasteiger partial charge in [0.15, 0.2) is 12.4 Å². The van der Waals surface area contributed by atoms with Crippen molar-refractivity contribution in [1.29, 1.82) is 0 Å². The molecule has 1 rings (SSSR count). The van der Waals surface area contributed by atoms with E-state index in [0.29, 0.717) is 12.8 Å². The molecule has 0 aliphatic carbocycles. The molecule has 1 heterocycles. The van der Waals surface area contributed by atoms with Gasteiger partial charge in [-0.15, -0.1) is 0 Å². The van der Waals surface area contributed by atoms with Crippen molar-refractivity contribution in [3.63, 3.8) is 0 Å². The minimum Gasteiger partial charge on any atom is -0.462 e. The Bertz CT molecular complexity index is 1240. The smallest absolute Gasteiger partial charge is 0.306 e. The zero-order chi connectivity index (χ0) is 43.4. The SMILES string of the molecule is CC/C=C\C/C=C\C/C=C\CCCCCCCC(=O)OC(COC(=O)CCCCCCCCCCCCCCCCCC)COC1OC(CS(=O)(=O)O)C(O)C(O)C1O. The molecule has 1 fully saturated rings. The second-order valence-corrected chi connectivity index (χ2v) is 17.5. The highest BCUT2D eigenvalue weighted by Gasteiger charge is 2.46. The summed E-state index contributed by atoms with van der Waals surface area (Å²) in [4.78, 5) is 25.4. The second-order valence-electron chi connectivity index (χ2n) is 16.0. The molecule has 0 saturated carbocycles. The molecule has 0 radical (unpaired) electrons. The molecule has 0 aromatic rings. The Balaban J connectivity index is 2.44. The van der Waals surface area contributed by atoms with E-state index < -0.39 is 71.2 Å². The van der Waals surface area contributed by atoms with Gasteiger partial charge in [-0.3, -0.25) is 14.1 Å². The number of ether oxygens (including phenoxy) is 4. The average Bonchev–Trinajstić information content (AvgIpc) is 3.20. The maximum atomic E-state index is 12.8. The first-order valence-corrected chi connectivity index (χ1v) is 24.7. The van der Waals surface area contributed by atoms with E-state index >= 15 is 0 Å². The van der Waals surface area contributed by atoms with Gasteiger partial charge in [-0.1, -0.05) is 166 Å². The van der Waals surface area contributed by atoms with Crippen molar-refractivity contribution in [2.24, 2.45) is 0 Å². The van der Waals surface area contributed by atoms with Crippen LogP contribution in [0.1, 0.15) is 187 Å². The molecule has 1 aliphatic heterocycles. The van der Waals surface area contributed by atoms with Gasteiger partial charge in [0.25, 0.3) is 10.1 Å². The summed E-state index contributed by atoms with van der Waals surface area (Å²) in [6.45, 7) is 3.64. The highest BCUT2D eigenvalue weighted by atomic mass is 32.2. The van der Waals surface area contributed by atoms with E-state index in [0.717, 1.165) is 70.6 Å². The van der Waals surface area contributed by atoms with Crippen LogP contribution >= 0.6 is 0 Å². The van der Waals surface area contributed by atoms with Crippen LogP contribution in [0.15, 0.2) is 36.5 Å². The minimum atomic E-state index is -4.60. The van der Waals surface area contributed by atoms with E-state index in [1.54, 1.807) is 0 Å². The largest absolute Gasteiger partial charge is 0.462 e. The first kappa shape index (κ1) is 54.9. The molecule has 0 bridgehead atoms. The molecule has 0 aromatic carbocycles. The Morgan fingerprint density at radius 1 is 0.593 bits per heavy atom. The van der Waals surface area contributed by atoms with Gasteiger partial charge in [0.2, 0.25) is 0 Å². The molecular weight excluding hydrogens is 777 g/mol. The maximum Gasteiger partial charge on any atom is 0.306 e. The van der Waals surface area contributed by atoms with Crippen LogP contribution < -0.4 is 0 Å². The summed E-state index contributed by atoms with van der Waals surface area (Å²) >= 11 is 0. The number of carbonyl (C=O) groups excluding carboxylic acids is 2. The van der Waals surface area contributed by atoms with Crippen LogP contribution in [0.2, 0.25) is 0 Å². The molecule has 1 aliphatic rings. The molecule has 6 atom stereocenters. The summed E-state index contributed by atoms with van der Waals surface area (Å²) in [5.74, 6) is -2.00. The topological polar surface area (TPSA) is 186 Å². The highest BCUT2D eigenvalue weighted by Crippen LogP contribution is 2.24. The lowest BCUT2D eigenvalue weighted by Crippen LogP contribution is -2.60. The van der Waals surface area contributed by atoms with Crippen LogP contribution in [0.4, 0.5) is 0 Å². The fourth-order valence-corrected chi connectivity index (χ4v) is 7.62. The van der Waals surface area contributed by atoms with Crippen molar-refractivity contribution in [2.75, 3.05) is 19.0 Å². The molecule has 13 heteroatoms. The van der Waals surface area contributed by atoms with Crippen molar-refractivity contribution in [3.05, 3.63) is 36.5 Å². The van der Waals surface area contributed by atoms with Crippen LogP contribution in [0.5, 0.6) is 0 Å². The summed E-state index contributed by atoms with van der Waals surface area (Å²) in [7, 11) is -4.60. The molecule has 344 valence electrons. The normalized spacial score (nSPS) is 20.5. The number of esters is 2. The lowest BCUT2D eigenvalue weighted by atomic mass is 10.00. The van der Waals surface area contributed by atoms with Crippen molar-refractivity contribution < 1.29 is 56.8 Å². The van der Waals surface area contributed by atoms with Gasteiger partial charge in [-0.05, 0) is 44.9 Å². The van der Waals surface area contributed by atoms with Crippen LogP contribution in [-0.4, -0.2) is 96.0 Å². The van der Waals surface area contributed by atoms with Crippen molar-refractivity contribution >= 4 is 22.1 Å². The summed E-state index contributed by atoms with van der Waals surface area (Å²) in [6, 6.07) is 0. The second kappa shape index (κ2) is 36.5. The predicted octanol–water partition coefficient (Wildman–Crippen LogP) is 9.39. The fraction of sp³-hybridized carbons (Fsp3) is 0.826. The zero-order valence-corrected chi connectivity index (χ0v) is 37.4. The molecule has 6 unspecified atom stereocenters. The van der Waals surface area contributed by atoms with Crippen LogP contribution in [-0.2, 0) is 38.7 Å². The molecule has 0 amide bonds. The van der Waals surface area contributed by atoms with Gasteiger partial charge in [0.1, 0.15) is 36.8 Å². The van der Waals surface area contributed by atoms with Crippen LogP contribution in [0, 0.1) is 0 Å². The molecule has 0 spiro atoms. The molecule has 0 aromatic heterocycles. The lowest BCUT2D eigenvalue weighted by molar-refractivity contribution is -0.297. The van der Waals surface area contributed by atoms with E-state index in [2.05, 4.69) is 50.3 Å². The van der Waals surface area contributed by atoms with Gasteiger partial charge in [-0.2, -0.15) is 8.42 Å². The number of unbranched alkanes of at least 4 members (excludes halogenated alkanes) is 20. The van der Waals surface area contributed by atoms with Gasteiger partial charge in [0.05, 0.1) is 6.61 Å². The Labute approximate surface area is 357 Å². The third kappa shape index (κ3) is 31.4. The standard InChI is InChI=1S/C46H82O12S/c1-3-5-7-9-11-13-15-17-19-21-22-24-26-28-30-32-34-41(47)55-36-39(37-56-46-45(51)44(50)43(49)40(58-46)38-59(52,53)54)57-42(48)35-33-31-29-27-25-23-20-18-16-14-12-10-8-6-4-2/h6,8,12,14,18,20,39-40,43-46,49-51H,3-5,7,9-11,13,15-17,19,21-38H2,1-2H3,(H,52,53,54)/b8-6-,14-12-,20-18-. The molecule has 1 saturated heterocycles. The first-order valence-electron chi connectivity index (χ1n) is 23.0. The van der Waals surface area contributed by atoms with Crippen LogP contribution in [0.3, 0.4) is 0 Å². The van der Waals surface area contributed by atoms with Gasteiger partial charge in [-0.25, -0.2) is 0 Å². The van der Waals surface area contributed by atoms with E-state index in [1.165, 1.54) is 77.0 Å². The fourth-order valence-electron chi connectivity index (χ4n) is 6.93. The van der Waals surface area contributed by atoms with E-state index in [1.807, 2.05) is 0 Å². The molecule has 12 nitrogen and oxygen atoms in total. The number of aliphatic hydroxyl groups is 3. The Morgan fingerprint density at radius 3 is 1.59 bits per heavy atom. The first-order chi connectivity index (χ1) is 28.5. The number of hydrogen-bond donors (Lipinski definition) is 4. The number of aliphatic hydroxyl groups excluding tert-OH is 3. The molecule has 4 N–H and O–H groups in total. The predicted molar refractivity (Wildman–Crippen MR) is 233 cm³/mol. The Hall–Kier alpha value is -2.13. The summed E-state index contributed by atoms with van der Waals surface area (Å²) in [5.41, 5.74) is 0. The lowest BCUT2D eigenvalue weighted by Gasteiger charge is -2.40. The Kier molecular flexibility index (Phi) is 34.0. The number of hydrogen-bond acceptors (Lipinski definition) is 11. The van der Waals surface area contributed by atoms with E-state index in [9.17, 15) is 37.9 Å². The third-order valence-corrected chi connectivity index (χ3v) is 11.2.